The second-order valence-corrected chi connectivity index (χ2v) is 5.41. The number of benzene rings is 2. The minimum Gasteiger partial charge on any atom is -0.478 e. The Hall–Kier alpha value is -2.56. The first kappa shape index (κ1) is 15.3. The van der Waals surface area contributed by atoms with Crippen LogP contribution in [0.25, 0.3) is 5.57 Å². The highest BCUT2D eigenvalue weighted by Crippen LogP contribution is 2.36. The van der Waals surface area contributed by atoms with Gasteiger partial charge in [0.05, 0.1) is 11.1 Å². The van der Waals surface area contributed by atoms with E-state index in [1.54, 1.807) is 12.1 Å². The Labute approximate surface area is 130 Å². The first-order valence-corrected chi connectivity index (χ1v) is 7.10. The summed E-state index contributed by atoms with van der Waals surface area (Å²) in [6.45, 7) is 0. The van der Waals surface area contributed by atoms with E-state index in [1.165, 1.54) is 18.2 Å². The summed E-state index contributed by atoms with van der Waals surface area (Å²) in [5, 5.41) is 9.13. The van der Waals surface area contributed by atoms with Crippen molar-refractivity contribution < 1.29 is 23.1 Å². The maximum Gasteiger partial charge on any atom is 0.416 e. The van der Waals surface area contributed by atoms with Crippen molar-refractivity contribution in [2.75, 3.05) is 0 Å². The summed E-state index contributed by atoms with van der Waals surface area (Å²) in [6.07, 6.45) is -1.08. The zero-order valence-electron chi connectivity index (χ0n) is 12.0. The number of aromatic carboxylic acids is 1. The number of rotatable bonds is 2. The number of carbonyl (C=O) groups is 1. The molecule has 5 heteroatoms. The van der Waals surface area contributed by atoms with Crippen LogP contribution in [-0.2, 0) is 12.6 Å². The van der Waals surface area contributed by atoms with Crippen LogP contribution in [0.15, 0.2) is 48.5 Å². The summed E-state index contributed by atoms with van der Waals surface area (Å²) in [4.78, 5) is 11.1. The number of halogens is 3. The van der Waals surface area contributed by atoms with Crippen molar-refractivity contribution in [2.24, 2.45) is 0 Å². The van der Waals surface area contributed by atoms with Crippen LogP contribution in [0.3, 0.4) is 0 Å². The van der Waals surface area contributed by atoms with E-state index in [9.17, 15) is 18.0 Å². The molecule has 0 saturated heterocycles. The van der Waals surface area contributed by atoms with E-state index in [0.29, 0.717) is 23.1 Å². The van der Waals surface area contributed by atoms with E-state index in [-0.39, 0.29) is 5.56 Å². The number of aryl methyl sites for hydroxylation is 1. The molecule has 2 nitrogen and oxygen atoms in total. The van der Waals surface area contributed by atoms with Crippen LogP contribution in [0.4, 0.5) is 13.2 Å². The lowest BCUT2D eigenvalue weighted by molar-refractivity contribution is -0.137. The fourth-order valence-corrected chi connectivity index (χ4v) is 2.80. The zero-order chi connectivity index (χ0) is 16.6. The van der Waals surface area contributed by atoms with Gasteiger partial charge < -0.3 is 5.11 Å². The summed E-state index contributed by atoms with van der Waals surface area (Å²) >= 11 is 0. The lowest BCUT2D eigenvalue weighted by atomic mass is 9.85. The third-order valence-electron chi connectivity index (χ3n) is 3.91. The first-order valence-electron chi connectivity index (χ1n) is 7.10. The third kappa shape index (κ3) is 2.99. The highest BCUT2D eigenvalue weighted by molar-refractivity contribution is 5.91. The quantitative estimate of drug-likeness (QED) is 0.865. The van der Waals surface area contributed by atoms with Crippen LogP contribution >= 0.6 is 0 Å². The molecule has 0 fully saturated rings. The topological polar surface area (TPSA) is 37.3 Å². The van der Waals surface area contributed by atoms with Crippen molar-refractivity contribution in [2.45, 2.75) is 19.0 Å². The molecule has 0 aromatic heterocycles. The van der Waals surface area contributed by atoms with Crippen LogP contribution in [0.2, 0.25) is 0 Å². The van der Waals surface area contributed by atoms with Gasteiger partial charge in [-0.1, -0.05) is 24.3 Å². The molecule has 1 aliphatic carbocycles. The normalized spacial score (nSPS) is 14.1. The second kappa shape index (κ2) is 5.57. The molecule has 0 aliphatic heterocycles. The summed E-state index contributed by atoms with van der Waals surface area (Å²) < 4.78 is 38.7. The average molecular weight is 318 g/mol. The molecule has 0 heterocycles. The molecule has 1 aliphatic rings. The summed E-state index contributed by atoms with van der Waals surface area (Å²) in [7, 11) is 0. The largest absolute Gasteiger partial charge is 0.478 e. The van der Waals surface area contributed by atoms with E-state index in [2.05, 4.69) is 0 Å². The number of alkyl halides is 3. The minimum absolute atomic E-state index is 0.128. The second-order valence-electron chi connectivity index (χ2n) is 5.41. The lowest BCUT2D eigenvalue weighted by Gasteiger charge is -2.19. The van der Waals surface area contributed by atoms with Gasteiger partial charge in [-0.25, -0.2) is 4.79 Å². The molecule has 2 aromatic carbocycles. The molecule has 0 radical (unpaired) electrons. The van der Waals surface area contributed by atoms with Gasteiger partial charge in [-0.3, -0.25) is 0 Å². The standard InChI is InChI=1S/C18H13F3O2/c19-18(20,21)14-5-1-4-12(9-14)15-6-2-3-11-7-8-13(17(22)23)10-16(11)15/h1,4-10H,2-3H2,(H,22,23). The number of hydrogen-bond donors (Lipinski definition) is 1. The fourth-order valence-electron chi connectivity index (χ4n) is 2.80. The number of carboxylic acids is 1. The van der Waals surface area contributed by atoms with Gasteiger partial charge in [0.1, 0.15) is 0 Å². The number of fused-ring (bicyclic) bond motifs is 1. The SMILES string of the molecule is O=C(O)c1ccc2c(c1)C(c1cccc(C(F)(F)F)c1)=CCC2. The van der Waals surface area contributed by atoms with Gasteiger partial charge in [0.25, 0.3) is 0 Å². The Kier molecular flexibility index (Phi) is 3.72. The van der Waals surface area contributed by atoms with Gasteiger partial charge >= 0.3 is 12.1 Å². The molecule has 0 saturated carbocycles. The summed E-state index contributed by atoms with van der Waals surface area (Å²) in [5.41, 5.74) is 2.16. The number of allylic oxidation sites excluding steroid dienone is 1. The molecule has 1 N–H and O–H groups in total. The van der Waals surface area contributed by atoms with Gasteiger partial charge in [0.2, 0.25) is 0 Å². The predicted octanol–water partition coefficient (Wildman–Crippen LogP) is 4.78. The molecule has 0 atom stereocenters. The Morgan fingerprint density at radius 2 is 1.87 bits per heavy atom. The van der Waals surface area contributed by atoms with Gasteiger partial charge in [0.15, 0.2) is 0 Å². The Balaban J connectivity index is 2.11. The maximum atomic E-state index is 12.9. The van der Waals surface area contributed by atoms with Crippen LogP contribution < -0.4 is 0 Å². The molecular formula is C18H13F3O2. The molecule has 118 valence electrons. The monoisotopic (exact) mass is 318 g/mol. The van der Waals surface area contributed by atoms with E-state index >= 15 is 0 Å². The van der Waals surface area contributed by atoms with Crippen molar-refractivity contribution in [1.29, 1.82) is 0 Å². The van der Waals surface area contributed by atoms with E-state index in [1.807, 2.05) is 6.08 Å². The van der Waals surface area contributed by atoms with Gasteiger partial charge in [-0.15, -0.1) is 0 Å². The summed E-state index contributed by atoms with van der Waals surface area (Å²) in [5.74, 6) is -1.05. The van der Waals surface area contributed by atoms with Crippen molar-refractivity contribution in [3.8, 4) is 0 Å². The van der Waals surface area contributed by atoms with Crippen molar-refractivity contribution in [3.63, 3.8) is 0 Å². The minimum atomic E-state index is -4.41. The van der Waals surface area contributed by atoms with Crippen molar-refractivity contribution in [1.82, 2.24) is 0 Å². The van der Waals surface area contributed by atoms with E-state index in [0.717, 1.165) is 24.1 Å². The van der Waals surface area contributed by atoms with E-state index in [4.69, 9.17) is 5.11 Å². The van der Waals surface area contributed by atoms with Crippen LogP contribution in [0.5, 0.6) is 0 Å². The molecule has 23 heavy (non-hydrogen) atoms. The highest BCUT2D eigenvalue weighted by Gasteiger charge is 2.30. The Morgan fingerprint density at radius 1 is 1.09 bits per heavy atom. The Bertz CT molecular complexity index is 804. The van der Waals surface area contributed by atoms with Crippen LogP contribution in [-0.4, -0.2) is 11.1 Å². The average Bonchev–Trinajstić information content (AvgIpc) is 2.53. The molecule has 0 spiro atoms. The molecular weight excluding hydrogens is 305 g/mol. The number of carboxylic acid groups (broad SMARTS) is 1. The first-order chi connectivity index (χ1) is 10.9. The highest BCUT2D eigenvalue weighted by atomic mass is 19.4. The van der Waals surface area contributed by atoms with Crippen molar-refractivity contribution in [3.05, 3.63) is 76.4 Å². The van der Waals surface area contributed by atoms with Crippen LogP contribution in [0, 0.1) is 0 Å². The van der Waals surface area contributed by atoms with E-state index < -0.39 is 17.7 Å². The zero-order valence-corrected chi connectivity index (χ0v) is 12.0. The number of hydrogen-bond acceptors (Lipinski definition) is 1. The van der Waals surface area contributed by atoms with Gasteiger partial charge in [-0.2, -0.15) is 13.2 Å². The molecule has 2 aromatic rings. The summed E-state index contributed by atoms with van der Waals surface area (Å²) in [6, 6.07) is 9.91. The fraction of sp³-hybridized carbons (Fsp3) is 0.167. The predicted molar refractivity (Wildman–Crippen MR) is 80.2 cm³/mol. The Morgan fingerprint density at radius 3 is 2.57 bits per heavy atom. The smallest absolute Gasteiger partial charge is 0.416 e. The molecule has 0 amide bonds. The lowest BCUT2D eigenvalue weighted by Crippen LogP contribution is -2.07. The molecule has 0 unspecified atom stereocenters. The van der Waals surface area contributed by atoms with Gasteiger partial charge in [0, 0.05) is 0 Å². The van der Waals surface area contributed by atoms with Crippen molar-refractivity contribution >= 4 is 11.5 Å². The third-order valence-corrected chi connectivity index (χ3v) is 3.91. The molecule has 0 bridgehead atoms. The molecule has 3 rings (SSSR count). The van der Waals surface area contributed by atoms with Gasteiger partial charge in [-0.05, 0) is 59.4 Å². The van der Waals surface area contributed by atoms with Crippen LogP contribution in [0.1, 0.15) is 39.0 Å². The maximum absolute atomic E-state index is 12.9.